The molecule has 0 unspecified atom stereocenters. The third-order valence-electron chi connectivity index (χ3n) is 4.91. The average molecular weight is 392 g/mol. The van der Waals surface area contributed by atoms with Crippen LogP contribution in [0, 0.1) is 0 Å². The number of hydrogen-bond donors (Lipinski definition) is 1. The Morgan fingerprint density at radius 2 is 1.38 bits per heavy atom. The van der Waals surface area contributed by atoms with Gasteiger partial charge in [0, 0.05) is 37.6 Å². The molecule has 8 nitrogen and oxygen atoms in total. The third kappa shape index (κ3) is 4.48. The first kappa shape index (κ1) is 18.8. The van der Waals surface area contributed by atoms with Crippen LogP contribution in [-0.4, -0.2) is 55.6 Å². The van der Waals surface area contributed by atoms with E-state index in [1.165, 1.54) is 5.69 Å². The van der Waals surface area contributed by atoms with Crippen molar-refractivity contribution < 1.29 is 9.47 Å². The van der Waals surface area contributed by atoms with Gasteiger partial charge in [-0.3, -0.25) is 0 Å². The minimum atomic E-state index is 0.637. The van der Waals surface area contributed by atoms with Crippen LogP contribution in [0.5, 0.6) is 11.5 Å². The van der Waals surface area contributed by atoms with Gasteiger partial charge in [-0.25, -0.2) is 0 Å². The van der Waals surface area contributed by atoms with Crippen molar-refractivity contribution in [3.05, 3.63) is 54.7 Å². The van der Waals surface area contributed by atoms with E-state index in [1.54, 1.807) is 20.4 Å². The molecule has 0 radical (unpaired) electrons. The maximum absolute atomic E-state index is 5.23. The summed E-state index contributed by atoms with van der Waals surface area (Å²) >= 11 is 0. The van der Waals surface area contributed by atoms with Gasteiger partial charge in [0.15, 0.2) is 5.82 Å². The second kappa shape index (κ2) is 8.64. The molecule has 2 heterocycles. The van der Waals surface area contributed by atoms with Crippen LogP contribution in [0.25, 0.3) is 0 Å². The number of anilines is 4. The zero-order valence-electron chi connectivity index (χ0n) is 16.6. The lowest BCUT2D eigenvalue weighted by atomic mass is 10.2. The molecule has 0 spiro atoms. The number of benzene rings is 2. The van der Waals surface area contributed by atoms with Crippen molar-refractivity contribution >= 4 is 23.1 Å². The van der Waals surface area contributed by atoms with Crippen LogP contribution in [0.4, 0.5) is 23.1 Å². The van der Waals surface area contributed by atoms with Gasteiger partial charge in [0.1, 0.15) is 11.5 Å². The number of methoxy groups -OCH3 is 2. The molecule has 1 aromatic heterocycles. The summed E-state index contributed by atoms with van der Waals surface area (Å²) in [6.45, 7) is 3.46. The van der Waals surface area contributed by atoms with Crippen LogP contribution in [0.2, 0.25) is 0 Å². The highest BCUT2D eigenvalue weighted by atomic mass is 16.5. The van der Waals surface area contributed by atoms with Crippen LogP contribution < -0.4 is 24.6 Å². The summed E-state index contributed by atoms with van der Waals surface area (Å²) in [5, 5.41) is 11.6. The number of ether oxygens (including phenoxy) is 2. The highest BCUT2D eigenvalue weighted by molar-refractivity contribution is 5.57. The Morgan fingerprint density at radius 1 is 0.793 bits per heavy atom. The minimum Gasteiger partial charge on any atom is -0.497 e. The van der Waals surface area contributed by atoms with Gasteiger partial charge in [0.25, 0.3) is 0 Å². The van der Waals surface area contributed by atoms with E-state index in [2.05, 4.69) is 42.4 Å². The summed E-state index contributed by atoms with van der Waals surface area (Å²) in [7, 11) is 3.33. The molecule has 0 atom stereocenters. The maximum Gasteiger partial charge on any atom is 0.247 e. The lowest BCUT2D eigenvalue weighted by Gasteiger charge is -2.36. The number of piperazine rings is 1. The molecule has 150 valence electrons. The van der Waals surface area contributed by atoms with Crippen molar-refractivity contribution in [2.24, 2.45) is 0 Å². The molecule has 0 bridgehead atoms. The van der Waals surface area contributed by atoms with Gasteiger partial charge in [-0.05, 0) is 48.5 Å². The lowest BCUT2D eigenvalue weighted by Crippen LogP contribution is -2.47. The highest BCUT2D eigenvalue weighted by Crippen LogP contribution is 2.23. The zero-order valence-corrected chi connectivity index (χ0v) is 16.6. The number of nitrogens with zero attached hydrogens (tertiary/aromatic N) is 5. The van der Waals surface area contributed by atoms with Crippen molar-refractivity contribution in [3.8, 4) is 11.5 Å². The standard InChI is InChI=1S/C21H24N6O2/c1-28-18-7-3-16(4-8-18)23-20-15-22-25-21(24-20)27-13-11-26(12-14-27)17-5-9-19(29-2)10-6-17/h3-10,15H,11-14H2,1-2H3,(H,23,24,25). The quantitative estimate of drug-likeness (QED) is 0.686. The van der Waals surface area contributed by atoms with E-state index >= 15 is 0 Å². The Balaban J connectivity index is 1.38. The first-order valence-electron chi connectivity index (χ1n) is 9.50. The summed E-state index contributed by atoms with van der Waals surface area (Å²) < 4.78 is 10.4. The Bertz CT molecular complexity index is 925. The molecule has 1 fully saturated rings. The van der Waals surface area contributed by atoms with Crippen LogP contribution in [0.15, 0.2) is 54.7 Å². The van der Waals surface area contributed by atoms with Crippen LogP contribution in [-0.2, 0) is 0 Å². The van der Waals surface area contributed by atoms with Gasteiger partial charge in [0.2, 0.25) is 5.95 Å². The first-order valence-corrected chi connectivity index (χ1v) is 9.50. The summed E-state index contributed by atoms with van der Waals surface area (Å²) in [6, 6.07) is 15.8. The molecule has 0 amide bonds. The van der Waals surface area contributed by atoms with Gasteiger partial charge in [0.05, 0.1) is 20.4 Å². The van der Waals surface area contributed by atoms with Crippen molar-refractivity contribution in [1.82, 2.24) is 15.2 Å². The van der Waals surface area contributed by atoms with Crippen LogP contribution >= 0.6 is 0 Å². The Hall–Kier alpha value is -3.55. The molecular weight excluding hydrogens is 368 g/mol. The fraction of sp³-hybridized carbons (Fsp3) is 0.286. The molecule has 4 rings (SSSR count). The van der Waals surface area contributed by atoms with E-state index in [4.69, 9.17) is 9.47 Å². The molecular formula is C21H24N6O2. The van der Waals surface area contributed by atoms with Gasteiger partial charge in [-0.15, -0.1) is 5.10 Å². The SMILES string of the molecule is COc1ccc(Nc2cnnc(N3CCN(c4ccc(OC)cc4)CC3)n2)cc1. The molecule has 1 saturated heterocycles. The van der Waals surface area contributed by atoms with Crippen molar-refractivity contribution in [2.45, 2.75) is 0 Å². The molecule has 29 heavy (non-hydrogen) atoms. The number of nitrogens with one attached hydrogen (secondary N) is 1. The predicted octanol–water partition coefficient (Wildman–Crippen LogP) is 2.96. The molecule has 3 aromatic rings. The smallest absolute Gasteiger partial charge is 0.247 e. The Labute approximate surface area is 170 Å². The summed E-state index contributed by atoms with van der Waals surface area (Å²) in [6.07, 6.45) is 1.63. The molecule has 0 aliphatic carbocycles. The monoisotopic (exact) mass is 392 g/mol. The summed E-state index contributed by atoms with van der Waals surface area (Å²) in [5.74, 6) is 2.98. The number of hydrogen-bond acceptors (Lipinski definition) is 8. The van der Waals surface area contributed by atoms with Gasteiger partial charge in [-0.2, -0.15) is 10.1 Å². The molecule has 1 aliphatic heterocycles. The van der Waals surface area contributed by atoms with Gasteiger partial charge >= 0.3 is 0 Å². The summed E-state index contributed by atoms with van der Waals surface area (Å²) in [5.41, 5.74) is 2.11. The maximum atomic E-state index is 5.23. The van der Waals surface area contributed by atoms with Crippen LogP contribution in [0.1, 0.15) is 0 Å². The molecule has 0 saturated carbocycles. The fourth-order valence-corrected chi connectivity index (χ4v) is 3.27. The second-order valence-corrected chi connectivity index (χ2v) is 6.67. The molecule has 2 aromatic carbocycles. The molecule has 1 aliphatic rings. The van der Waals surface area contributed by atoms with E-state index in [9.17, 15) is 0 Å². The Morgan fingerprint density at radius 3 is 2.00 bits per heavy atom. The lowest BCUT2D eigenvalue weighted by molar-refractivity contribution is 0.414. The highest BCUT2D eigenvalue weighted by Gasteiger charge is 2.20. The predicted molar refractivity (Wildman–Crippen MR) is 114 cm³/mol. The van der Waals surface area contributed by atoms with E-state index in [0.717, 1.165) is 43.4 Å². The molecule has 1 N–H and O–H groups in total. The van der Waals surface area contributed by atoms with Gasteiger partial charge < -0.3 is 24.6 Å². The number of rotatable bonds is 6. The van der Waals surface area contributed by atoms with E-state index in [1.807, 2.05) is 36.4 Å². The third-order valence-corrected chi connectivity index (χ3v) is 4.91. The fourth-order valence-electron chi connectivity index (χ4n) is 3.27. The summed E-state index contributed by atoms with van der Waals surface area (Å²) in [4.78, 5) is 9.14. The average Bonchev–Trinajstić information content (AvgIpc) is 2.80. The van der Waals surface area contributed by atoms with Crippen molar-refractivity contribution in [3.63, 3.8) is 0 Å². The van der Waals surface area contributed by atoms with Crippen LogP contribution in [0.3, 0.4) is 0 Å². The largest absolute Gasteiger partial charge is 0.497 e. The van der Waals surface area contributed by atoms with Gasteiger partial charge in [-0.1, -0.05) is 0 Å². The van der Waals surface area contributed by atoms with E-state index < -0.39 is 0 Å². The second-order valence-electron chi connectivity index (χ2n) is 6.67. The molecule has 8 heteroatoms. The normalized spacial score (nSPS) is 13.9. The zero-order chi connectivity index (χ0) is 20.1. The number of aromatic nitrogens is 3. The minimum absolute atomic E-state index is 0.637. The Kier molecular flexibility index (Phi) is 5.60. The van der Waals surface area contributed by atoms with Crippen molar-refractivity contribution in [2.75, 3.05) is 55.5 Å². The van der Waals surface area contributed by atoms with E-state index in [0.29, 0.717) is 11.8 Å². The first-order chi connectivity index (χ1) is 14.2. The topological polar surface area (TPSA) is 75.6 Å². The van der Waals surface area contributed by atoms with Crippen molar-refractivity contribution in [1.29, 1.82) is 0 Å². The van der Waals surface area contributed by atoms with E-state index in [-0.39, 0.29) is 0 Å².